The molecule has 0 aromatic rings. The summed E-state index contributed by atoms with van der Waals surface area (Å²) in [4.78, 5) is 11.3. The minimum Gasteiger partial charge on any atom is -0.298 e. The maximum Gasteiger partial charge on any atom is 0.226 e. The van der Waals surface area contributed by atoms with E-state index in [2.05, 4.69) is 0 Å². The Morgan fingerprint density at radius 3 is 2.00 bits per heavy atom. The number of rotatable bonds is 3. The van der Waals surface area contributed by atoms with Gasteiger partial charge in [-0.2, -0.15) is 0 Å². The Morgan fingerprint density at radius 1 is 1.21 bits per heavy atom. The summed E-state index contributed by atoms with van der Waals surface area (Å²) in [5, 5.41) is 0. The van der Waals surface area contributed by atoms with Crippen LogP contribution in [0.4, 0.5) is 0 Å². The van der Waals surface area contributed by atoms with E-state index in [1.54, 1.807) is 0 Å². The first-order chi connectivity index (χ1) is 6.30. The smallest absolute Gasteiger partial charge is 0.226 e. The number of ketones is 1. The lowest BCUT2D eigenvalue weighted by molar-refractivity contribution is -0.118. The van der Waals surface area contributed by atoms with Gasteiger partial charge in [0.1, 0.15) is 4.75 Å². The zero-order valence-electron chi connectivity index (χ0n) is 8.91. The molecule has 14 heavy (non-hydrogen) atoms. The van der Waals surface area contributed by atoms with E-state index in [0.717, 1.165) is 12.8 Å². The quantitative estimate of drug-likeness (QED) is 0.705. The van der Waals surface area contributed by atoms with E-state index in [4.69, 9.17) is 0 Å². The van der Waals surface area contributed by atoms with E-state index < -0.39 is 14.8 Å². The van der Waals surface area contributed by atoms with Gasteiger partial charge >= 0.3 is 0 Å². The van der Waals surface area contributed by atoms with Gasteiger partial charge in [-0.3, -0.25) is 4.79 Å². The van der Waals surface area contributed by atoms with Gasteiger partial charge in [-0.25, -0.2) is 12.7 Å². The number of carbonyl (C=O) groups is 1. The summed E-state index contributed by atoms with van der Waals surface area (Å²) < 4.78 is 24.1. The van der Waals surface area contributed by atoms with Crippen molar-refractivity contribution in [3.63, 3.8) is 0 Å². The van der Waals surface area contributed by atoms with Crippen molar-refractivity contribution in [2.75, 3.05) is 13.1 Å². The van der Waals surface area contributed by atoms with Crippen LogP contribution in [0, 0.1) is 0 Å². The number of nitrogens with zero attached hydrogens (tertiary/aromatic N) is 1. The molecule has 1 aliphatic heterocycles. The topological polar surface area (TPSA) is 54.5 Å². The lowest BCUT2D eigenvalue weighted by atomic mass is 10.1. The second-order valence-electron chi connectivity index (χ2n) is 4.18. The molecule has 1 aliphatic rings. The number of carbonyl (C=O) groups excluding carboxylic acids is 1. The highest BCUT2D eigenvalue weighted by Gasteiger charge is 2.43. The first-order valence-electron chi connectivity index (χ1n) is 4.81. The highest BCUT2D eigenvalue weighted by atomic mass is 32.2. The van der Waals surface area contributed by atoms with Gasteiger partial charge in [-0.15, -0.1) is 0 Å². The van der Waals surface area contributed by atoms with Crippen LogP contribution in [0.5, 0.6) is 0 Å². The Kier molecular flexibility index (Phi) is 3.02. The van der Waals surface area contributed by atoms with Gasteiger partial charge in [0.2, 0.25) is 10.0 Å². The fourth-order valence-corrected chi connectivity index (χ4v) is 3.18. The number of hydrogen-bond donors (Lipinski definition) is 0. The molecule has 0 atom stereocenters. The second kappa shape index (κ2) is 3.62. The molecule has 1 rings (SSSR count). The maximum absolute atomic E-state index is 12.0. The molecule has 0 aromatic heterocycles. The summed E-state index contributed by atoms with van der Waals surface area (Å²) in [6, 6.07) is 0. The largest absolute Gasteiger partial charge is 0.298 e. The average Bonchev–Trinajstić information content (AvgIpc) is 2.55. The van der Waals surface area contributed by atoms with Gasteiger partial charge in [-0.1, -0.05) is 0 Å². The lowest BCUT2D eigenvalue weighted by Crippen LogP contribution is -2.47. The molecule has 0 saturated carbocycles. The minimum atomic E-state index is -3.45. The first kappa shape index (κ1) is 11.7. The van der Waals surface area contributed by atoms with Crippen LogP contribution in [0.1, 0.15) is 33.6 Å². The molecule has 0 aliphatic carbocycles. The van der Waals surface area contributed by atoms with Gasteiger partial charge < -0.3 is 0 Å². The van der Waals surface area contributed by atoms with Crippen LogP contribution in [0.2, 0.25) is 0 Å². The van der Waals surface area contributed by atoms with Gasteiger partial charge in [-0.05, 0) is 33.6 Å². The van der Waals surface area contributed by atoms with E-state index in [1.807, 2.05) is 0 Å². The van der Waals surface area contributed by atoms with E-state index in [1.165, 1.54) is 25.1 Å². The monoisotopic (exact) mass is 219 g/mol. The summed E-state index contributed by atoms with van der Waals surface area (Å²) in [7, 11) is -3.45. The Labute approximate surface area is 85.3 Å². The predicted molar refractivity (Wildman–Crippen MR) is 54.5 cm³/mol. The van der Waals surface area contributed by atoms with E-state index in [-0.39, 0.29) is 5.78 Å². The summed E-state index contributed by atoms with van der Waals surface area (Å²) in [6.45, 7) is 5.39. The Bertz CT molecular complexity index is 326. The summed E-state index contributed by atoms with van der Waals surface area (Å²) in [5.41, 5.74) is 0. The minimum absolute atomic E-state index is 0.301. The fourth-order valence-electron chi connectivity index (χ4n) is 1.43. The molecule has 0 unspecified atom stereocenters. The van der Waals surface area contributed by atoms with E-state index in [0.29, 0.717) is 13.1 Å². The molecular formula is C9H17NO3S. The maximum atomic E-state index is 12.0. The van der Waals surface area contributed by atoms with Crippen LogP contribution in [-0.2, 0) is 14.8 Å². The normalized spacial score (nSPS) is 19.9. The molecule has 0 bridgehead atoms. The van der Waals surface area contributed by atoms with Crippen molar-refractivity contribution in [2.45, 2.75) is 38.4 Å². The number of Topliss-reactive ketones (excluding diaryl/α,β-unsaturated/α-hetero) is 1. The molecule has 1 fully saturated rings. The predicted octanol–water partition coefficient (Wildman–Crippen LogP) is 0.780. The summed E-state index contributed by atoms with van der Waals surface area (Å²) >= 11 is 0. The van der Waals surface area contributed by atoms with Crippen LogP contribution >= 0.6 is 0 Å². The molecule has 0 amide bonds. The van der Waals surface area contributed by atoms with Crippen molar-refractivity contribution in [2.24, 2.45) is 0 Å². The molecule has 0 radical (unpaired) electrons. The molecule has 0 N–H and O–H groups in total. The number of sulfonamides is 1. The summed E-state index contributed by atoms with van der Waals surface area (Å²) in [5.74, 6) is -0.301. The van der Waals surface area contributed by atoms with Crippen LogP contribution in [0.25, 0.3) is 0 Å². The third-order valence-electron chi connectivity index (χ3n) is 2.90. The van der Waals surface area contributed by atoms with Crippen molar-refractivity contribution >= 4 is 15.8 Å². The molecular weight excluding hydrogens is 202 g/mol. The average molecular weight is 219 g/mol. The zero-order valence-corrected chi connectivity index (χ0v) is 9.73. The van der Waals surface area contributed by atoms with Crippen molar-refractivity contribution in [1.82, 2.24) is 4.31 Å². The fraction of sp³-hybridized carbons (Fsp3) is 0.889. The molecule has 5 heteroatoms. The van der Waals surface area contributed by atoms with Gasteiger partial charge in [0.15, 0.2) is 5.78 Å². The third kappa shape index (κ3) is 1.70. The van der Waals surface area contributed by atoms with Crippen LogP contribution in [0.15, 0.2) is 0 Å². The van der Waals surface area contributed by atoms with Crippen molar-refractivity contribution in [1.29, 1.82) is 0 Å². The van der Waals surface area contributed by atoms with Crippen LogP contribution < -0.4 is 0 Å². The highest BCUT2D eigenvalue weighted by Crippen LogP contribution is 2.25. The van der Waals surface area contributed by atoms with Gasteiger partial charge in [0.25, 0.3) is 0 Å². The molecule has 1 saturated heterocycles. The van der Waals surface area contributed by atoms with Crippen LogP contribution in [-0.4, -0.2) is 36.3 Å². The molecule has 4 nitrogen and oxygen atoms in total. The molecule has 0 spiro atoms. The highest BCUT2D eigenvalue weighted by molar-refractivity contribution is 7.91. The molecule has 1 heterocycles. The van der Waals surface area contributed by atoms with Crippen molar-refractivity contribution in [3.05, 3.63) is 0 Å². The Balaban J connectivity index is 3.00. The first-order valence-corrected chi connectivity index (χ1v) is 6.25. The van der Waals surface area contributed by atoms with Crippen molar-refractivity contribution in [3.8, 4) is 0 Å². The van der Waals surface area contributed by atoms with E-state index >= 15 is 0 Å². The molecule has 82 valence electrons. The standard InChI is InChI=1S/C9H17NO3S/c1-8(11)9(2,3)14(12,13)10-6-4-5-7-10/h4-7H2,1-3H3. The van der Waals surface area contributed by atoms with Crippen LogP contribution in [0.3, 0.4) is 0 Å². The zero-order chi connectivity index (χ0) is 11.0. The Morgan fingerprint density at radius 2 is 1.64 bits per heavy atom. The number of hydrogen-bond acceptors (Lipinski definition) is 3. The van der Waals surface area contributed by atoms with Gasteiger partial charge in [0, 0.05) is 13.1 Å². The molecule has 0 aromatic carbocycles. The second-order valence-corrected chi connectivity index (χ2v) is 6.66. The van der Waals surface area contributed by atoms with Crippen molar-refractivity contribution < 1.29 is 13.2 Å². The van der Waals surface area contributed by atoms with E-state index in [9.17, 15) is 13.2 Å². The van der Waals surface area contributed by atoms with Gasteiger partial charge in [0.05, 0.1) is 0 Å². The SMILES string of the molecule is CC(=O)C(C)(C)S(=O)(=O)N1CCCC1. The third-order valence-corrected chi connectivity index (χ3v) is 5.52. The summed E-state index contributed by atoms with van der Waals surface area (Å²) in [6.07, 6.45) is 1.79. The Hall–Kier alpha value is -0.420. The lowest BCUT2D eigenvalue weighted by Gasteiger charge is -2.27.